The summed E-state index contributed by atoms with van der Waals surface area (Å²) < 4.78 is 1.93. The maximum absolute atomic E-state index is 5.08. The van der Waals surface area contributed by atoms with Crippen molar-refractivity contribution in [1.82, 2.24) is 24.5 Å². The predicted molar refractivity (Wildman–Crippen MR) is 103 cm³/mol. The summed E-state index contributed by atoms with van der Waals surface area (Å²) in [5, 5.41) is 4.57. The van der Waals surface area contributed by atoms with Crippen LogP contribution >= 0.6 is 11.3 Å². The molecule has 0 spiro atoms. The van der Waals surface area contributed by atoms with Crippen molar-refractivity contribution < 1.29 is 0 Å². The molecule has 26 heavy (non-hydrogen) atoms. The van der Waals surface area contributed by atoms with Gasteiger partial charge in [0.1, 0.15) is 22.4 Å². The molecule has 5 rings (SSSR count). The molecule has 1 aliphatic heterocycles. The van der Waals surface area contributed by atoms with Crippen molar-refractivity contribution in [2.24, 2.45) is 4.99 Å². The van der Waals surface area contributed by atoms with Crippen LogP contribution in [0.25, 0.3) is 16.3 Å². The Morgan fingerprint density at radius 1 is 1.15 bits per heavy atom. The zero-order chi connectivity index (χ0) is 17.9. The highest BCUT2D eigenvalue weighted by molar-refractivity contribution is 7.14. The summed E-state index contributed by atoms with van der Waals surface area (Å²) in [6.07, 6.45) is 8.50. The molecule has 0 saturated carbocycles. The molecule has 0 saturated heterocycles. The van der Waals surface area contributed by atoms with Crippen molar-refractivity contribution >= 4 is 22.1 Å². The molecule has 0 bridgehead atoms. The number of amidine groups is 1. The molecule has 0 fully saturated rings. The number of hydrogen-bond acceptors (Lipinski definition) is 6. The summed E-state index contributed by atoms with van der Waals surface area (Å²) in [5.74, 6) is 1.000. The average Bonchev–Trinajstić information content (AvgIpc) is 3.28. The molecule has 0 radical (unpaired) electrons. The second kappa shape index (κ2) is 5.35. The highest BCUT2D eigenvalue weighted by Gasteiger charge is 2.49. The molecule has 0 aromatic carbocycles. The number of aromatic nitrogens is 4. The predicted octanol–water partition coefficient (Wildman–Crippen LogP) is 3.21. The maximum Gasteiger partial charge on any atom is 0.212 e. The van der Waals surface area contributed by atoms with Crippen LogP contribution in [0.15, 0.2) is 53.0 Å². The Balaban J connectivity index is 1.84. The van der Waals surface area contributed by atoms with Gasteiger partial charge < -0.3 is 4.90 Å². The third kappa shape index (κ3) is 1.97. The molecule has 4 heterocycles. The fourth-order valence-electron chi connectivity index (χ4n) is 3.87. The number of allylic oxidation sites excluding steroid dienone is 2. The number of rotatable bonds is 2. The molecule has 0 N–H and O–H groups in total. The molecular formula is C19H18N6S. The first-order valence-corrected chi connectivity index (χ1v) is 9.40. The zero-order valence-corrected chi connectivity index (χ0v) is 15.6. The number of nitrogens with zero attached hydrogens (tertiary/aromatic N) is 6. The number of pyridine rings is 1. The number of hydrogen-bond donors (Lipinski definition) is 0. The van der Waals surface area contributed by atoms with Crippen molar-refractivity contribution in [2.75, 3.05) is 7.05 Å². The van der Waals surface area contributed by atoms with E-state index in [1.807, 2.05) is 42.1 Å². The normalized spacial score (nSPS) is 24.3. The van der Waals surface area contributed by atoms with Crippen LogP contribution in [-0.4, -0.2) is 43.4 Å². The second-order valence-electron chi connectivity index (χ2n) is 6.69. The molecule has 0 amide bonds. The van der Waals surface area contributed by atoms with E-state index in [4.69, 9.17) is 15.0 Å². The van der Waals surface area contributed by atoms with Crippen LogP contribution in [0.1, 0.15) is 18.3 Å². The van der Waals surface area contributed by atoms with Crippen LogP contribution < -0.4 is 0 Å². The minimum Gasteiger partial charge on any atom is -0.354 e. The molecule has 3 aromatic rings. The lowest BCUT2D eigenvalue weighted by molar-refractivity contribution is 0.346. The van der Waals surface area contributed by atoms with E-state index < -0.39 is 5.54 Å². The minimum atomic E-state index is -0.554. The van der Waals surface area contributed by atoms with Crippen molar-refractivity contribution in [3.8, 4) is 11.4 Å². The molecule has 3 aromatic heterocycles. The van der Waals surface area contributed by atoms with E-state index in [2.05, 4.69) is 41.4 Å². The Bertz CT molecular complexity index is 1100. The lowest BCUT2D eigenvalue weighted by atomic mass is 9.82. The van der Waals surface area contributed by atoms with E-state index in [0.717, 1.165) is 33.6 Å². The van der Waals surface area contributed by atoms with E-state index in [1.54, 1.807) is 0 Å². The van der Waals surface area contributed by atoms with Crippen LogP contribution in [0.3, 0.4) is 0 Å². The summed E-state index contributed by atoms with van der Waals surface area (Å²) in [5.41, 5.74) is 4.92. The quantitative estimate of drug-likeness (QED) is 0.702. The van der Waals surface area contributed by atoms with Gasteiger partial charge in [-0.15, -0.1) is 0 Å². The smallest absolute Gasteiger partial charge is 0.212 e. The average molecular weight is 362 g/mol. The first kappa shape index (κ1) is 15.5. The van der Waals surface area contributed by atoms with Gasteiger partial charge in [0.25, 0.3) is 0 Å². The van der Waals surface area contributed by atoms with Gasteiger partial charge in [-0.2, -0.15) is 5.10 Å². The van der Waals surface area contributed by atoms with E-state index >= 15 is 0 Å². The van der Waals surface area contributed by atoms with Crippen LogP contribution in [0, 0.1) is 6.92 Å². The van der Waals surface area contributed by atoms with Crippen molar-refractivity contribution in [3.63, 3.8) is 0 Å². The Morgan fingerprint density at radius 3 is 2.88 bits per heavy atom. The third-order valence-electron chi connectivity index (χ3n) is 5.14. The molecule has 7 heteroatoms. The molecule has 6 nitrogen and oxygen atoms in total. The van der Waals surface area contributed by atoms with Gasteiger partial charge in [0.2, 0.25) is 4.96 Å². The minimum absolute atomic E-state index is 0.0951. The number of imidazole rings is 1. The number of likely N-dealkylation sites (N-methyl/N-ethyl adjacent to an activating group) is 1. The van der Waals surface area contributed by atoms with Crippen LogP contribution in [0.4, 0.5) is 0 Å². The van der Waals surface area contributed by atoms with Gasteiger partial charge in [-0.25, -0.2) is 9.50 Å². The van der Waals surface area contributed by atoms with Gasteiger partial charge in [-0.05, 0) is 32.1 Å². The monoisotopic (exact) mass is 362 g/mol. The lowest BCUT2D eigenvalue weighted by Crippen LogP contribution is -2.42. The van der Waals surface area contributed by atoms with Crippen molar-refractivity contribution in [3.05, 3.63) is 59.4 Å². The number of aliphatic imine (C=N–C) groups is 1. The Hall–Kier alpha value is -2.80. The molecule has 2 unspecified atom stereocenters. The second-order valence-corrected chi connectivity index (χ2v) is 7.50. The van der Waals surface area contributed by atoms with E-state index in [0.29, 0.717) is 0 Å². The van der Waals surface area contributed by atoms with Gasteiger partial charge in [-0.3, -0.25) is 9.98 Å². The van der Waals surface area contributed by atoms with Gasteiger partial charge in [0.15, 0.2) is 0 Å². The SMILES string of the molecule is CC1=NC2(c3c(-c4cccc(C)n4)nc4scnn34)C=CC=CC2N1C. The van der Waals surface area contributed by atoms with Gasteiger partial charge in [0, 0.05) is 12.7 Å². The molecule has 1 aliphatic carbocycles. The summed E-state index contributed by atoms with van der Waals surface area (Å²) >= 11 is 1.53. The molecular weight excluding hydrogens is 344 g/mol. The highest BCUT2D eigenvalue weighted by atomic mass is 32.1. The van der Waals surface area contributed by atoms with Crippen LogP contribution in [0.2, 0.25) is 0 Å². The standard InChI is InChI=1S/C19H18N6S/c1-12-7-6-8-14(21-12)16-17(25-18(22-16)26-11-20-25)19-10-5-4-9-15(19)24(3)13(2)23-19/h4-11,15H,1-3H3. The van der Waals surface area contributed by atoms with Crippen molar-refractivity contribution in [2.45, 2.75) is 25.4 Å². The maximum atomic E-state index is 5.08. The van der Waals surface area contributed by atoms with E-state index in [9.17, 15) is 0 Å². The zero-order valence-electron chi connectivity index (χ0n) is 14.8. The number of fused-ring (bicyclic) bond motifs is 2. The topological polar surface area (TPSA) is 58.7 Å². The third-order valence-corrected chi connectivity index (χ3v) is 5.81. The van der Waals surface area contributed by atoms with Gasteiger partial charge in [0.05, 0.1) is 17.6 Å². The summed E-state index contributed by atoms with van der Waals surface area (Å²) in [4.78, 5) is 17.7. The largest absolute Gasteiger partial charge is 0.354 e. The Labute approximate surface area is 155 Å². The highest BCUT2D eigenvalue weighted by Crippen LogP contribution is 2.45. The van der Waals surface area contributed by atoms with Gasteiger partial charge >= 0.3 is 0 Å². The van der Waals surface area contributed by atoms with E-state index in [-0.39, 0.29) is 6.04 Å². The lowest BCUT2D eigenvalue weighted by Gasteiger charge is -2.33. The van der Waals surface area contributed by atoms with E-state index in [1.165, 1.54) is 11.3 Å². The summed E-state index contributed by atoms with van der Waals surface area (Å²) in [6.45, 7) is 4.04. The number of aryl methyl sites for hydroxylation is 1. The Kier molecular flexibility index (Phi) is 3.18. The first-order chi connectivity index (χ1) is 12.6. The van der Waals surface area contributed by atoms with Crippen molar-refractivity contribution in [1.29, 1.82) is 0 Å². The van der Waals surface area contributed by atoms with Gasteiger partial charge in [-0.1, -0.05) is 35.6 Å². The molecule has 130 valence electrons. The Morgan fingerprint density at radius 2 is 2.04 bits per heavy atom. The van der Waals surface area contributed by atoms with Crippen LogP contribution in [-0.2, 0) is 5.54 Å². The molecule has 2 aliphatic rings. The first-order valence-electron chi connectivity index (χ1n) is 8.52. The summed E-state index contributed by atoms with van der Waals surface area (Å²) in [6, 6.07) is 6.11. The van der Waals surface area contributed by atoms with Crippen LogP contribution in [0.5, 0.6) is 0 Å². The molecule has 2 atom stereocenters. The fraction of sp³-hybridized carbons (Fsp3) is 0.263. The fourth-order valence-corrected chi connectivity index (χ4v) is 4.49. The summed E-state index contributed by atoms with van der Waals surface area (Å²) in [7, 11) is 2.08.